The molecule has 20 heavy (non-hydrogen) atoms. The minimum absolute atomic E-state index is 0.0495. The second-order valence-electron chi connectivity index (χ2n) is 5.45. The van der Waals surface area contributed by atoms with E-state index in [1.807, 2.05) is 12.1 Å². The van der Waals surface area contributed by atoms with Crippen LogP contribution in [0.15, 0.2) is 24.3 Å². The number of hydrogen-bond acceptors (Lipinski definition) is 2. The summed E-state index contributed by atoms with van der Waals surface area (Å²) in [5, 5.41) is 7.07. The van der Waals surface area contributed by atoms with E-state index in [0.29, 0.717) is 17.5 Å². The fraction of sp³-hybridized carbons (Fsp3) is 0.562. The zero-order valence-corrected chi connectivity index (χ0v) is 12.6. The van der Waals surface area contributed by atoms with Crippen LogP contribution in [0, 0.1) is 0 Å². The number of nitrogens with one attached hydrogen (secondary N) is 2. The largest absolute Gasteiger partial charge is 0.326 e. The van der Waals surface area contributed by atoms with E-state index in [0.717, 1.165) is 12.2 Å². The lowest BCUT2D eigenvalue weighted by atomic mass is 10.1. The maximum absolute atomic E-state index is 11.8. The van der Waals surface area contributed by atoms with Crippen molar-refractivity contribution in [1.82, 2.24) is 5.32 Å². The quantitative estimate of drug-likeness (QED) is 0.807. The molecule has 1 fully saturated rings. The van der Waals surface area contributed by atoms with Crippen LogP contribution in [-0.4, -0.2) is 18.5 Å². The Balaban J connectivity index is 1.65. The van der Waals surface area contributed by atoms with Crippen molar-refractivity contribution in [3.05, 3.63) is 29.3 Å². The second-order valence-corrected chi connectivity index (χ2v) is 5.88. The Morgan fingerprint density at radius 3 is 2.40 bits per heavy atom. The van der Waals surface area contributed by atoms with Crippen molar-refractivity contribution in [2.24, 2.45) is 0 Å². The molecular formula is C16H23ClN2O. The number of rotatable bonds is 5. The number of carbonyl (C=O) groups is 1. The molecule has 2 N–H and O–H groups in total. The molecule has 0 spiro atoms. The van der Waals surface area contributed by atoms with Crippen LogP contribution < -0.4 is 10.6 Å². The van der Waals surface area contributed by atoms with Crippen LogP contribution in [0.5, 0.6) is 0 Å². The molecule has 1 aliphatic carbocycles. The first-order valence-electron chi connectivity index (χ1n) is 7.53. The maximum atomic E-state index is 11.8. The number of hydrogen-bond donors (Lipinski definition) is 2. The van der Waals surface area contributed by atoms with Gasteiger partial charge in [0.2, 0.25) is 5.91 Å². The molecule has 3 nitrogen and oxygen atoms in total. The summed E-state index contributed by atoms with van der Waals surface area (Å²) in [6.07, 6.45) is 8.35. The molecule has 1 amide bonds. The van der Waals surface area contributed by atoms with Gasteiger partial charge in [0.05, 0.1) is 0 Å². The first-order chi connectivity index (χ1) is 9.74. The average Bonchev–Trinajstić information content (AvgIpc) is 2.70. The van der Waals surface area contributed by atoms with Crippen molar-refractivity contribution in [2.75, 3.05) is 11.9 Å². The summed E-state index contributed by atoms with van der Waals surface area (Å²) in [6, 6.07) is 7.79. The second kappa shape index (κ2) is 8.28. The molecule has 0 atom stereocenters. The van der Waals surface area contributed by atoms with E-state index in [-0.39, 0.29) is 5.91 Å². The van der Waals surface area contributed by atoms with Gasteiger partial charge in [0.25, 0.3) is 0 Å². The molecule has 0 aromatic heterocycles. The van der Waals surface area contributed by atoms with Gasteiger partial charge in [-0.2, -0.15) is 0 Å². The first kappa shape index (κ1) is 15.3. The number of carbonyl (C=O) groups excluding carboxylic acids is 1. The molecule has 110 valence electrons. The van der Waals surface area contributed by atoms with Crippen LogP contribution in [0.3, 0.4) is 0 Å². The van der Waals surface area contributed by atoms with E-state index in [4.69, 9.17) is 11.6 Å². The van der Waals surface area contributed by atoms with Crippen molar-refractivity contribution < 1.29 is 4.79 Å². The number of halogens is 1. The minimum atomic E-state index is 0.0495. The highest BCUT2D eigenvalue weighted by Crippen LogP contribution is 2.17. The smallest absolute Gasteiger partial charge is 0.225 e. The van der Waals surface area contributed by atoms with Gasteiger partial charge in [0, 0.05) is 29.7 Å². The zero-order valence-electron chi connectivity index (χ0n) is 11.8. The van der Waals surface area contributed by atoms with Crippen LogP contribution in [0.4, 0.5) is 5.69 Å². The van der Waals surface area contributed by atoms with Gasteiger partial charge in [-0.05, 0) is 37.1 Å². The summed E-state index contributed by atoms with van der Waals surface area (Å²) >= 11 is 5.81. The molecule has 1 aromatic rings. The fourth-order valence-electron chi connectivity index (χ4n) is 2.63. The molecule has 0 unspecified atom stereocenters. The highest BCUT2D eigenvalue weighted by Gasteiger charge is 2.11. The van der Waals surface area contributed by atoms with Crippen molar-refractivity contribution in [1.29, 1.82) is 0 Å². The van der Waals surface area contributed by atoms with E-state index in [2.05, 4.69) is 10.6 Å². The predicted octanol–water partition coefficient (Wildman–Crippen LogP) is 3.98. The number of anilines is 1. The van der Waals surface area contributed by atoms with Gasteiger partial charge in [-0.3, -0.25) is 4.79 Å². The van der Waals surface area contributed by atoms with Gasteiger partial charge < -0.3 is 10.6 Å². The monoisotopic (exact) mass is 294 g/mol. The molecule has 0 saturated heterocycles. The van der Waals surface area contributed by atoms with Gasteiger partial charge in [-0.25, -0.2) is 0 Å². The molecule has 1 saturated carbocycles. The third-order valence-electron chi connectivity index (χ3n) is 3.77. The molecule has 2 rings (SSSR count). The highest BCUT2D eigenvalue weighted by atomic mass is 35.5. The normalized spacial score (nSPS) is 16.6. The Labute approximate surface area is 126 Å². The Hall–Kier alpha value is -1.06. The molecular weight excluding hydrogens is 272 g/mol. The number of benzene rings is 1. The van der Waals surface area contributed by atoms with E-state index in [1.54, 1.807) is 12.1 Å². The van der Waals surface area contributed by atoms with Gasteiger partial charge >= 0.3 is 0 Å². The maximum Gasteiger partial charge on any atom is 0.225 e. The molecule has 0 aliphatic heterocycles. The SMILES string of the molecule is O=C(CCNC1CCCCCC1)Nc1ccc(Cl)cc1. The Kier molecular flexibility index (Phi) is 6.34. The van der Waals surface area contributed by atoms with Gasteiger partial charge in [0.1, 0.15) is 0 Å². The third kappa shape index (κ3) is 5.51. The molecule has 0 bridgehead atoms. The van der Waals surface area contributed by atoms with E-state index < -0.39 is 0 Å². The Morgan fingerprint density at radius 2 is 1.75 bits per heavy atom. The third-order valence-corrected chi connectivity index (χ3v) is 4.02. The number of amides is 1. The van der Waals surface area contributed by atoms with Crippen LogP contribution in [0.2, 0.25) is 5.02 Å². The van der Waals surface area contributed by atoms with Crippen molar-refractivity contribution in [2.45, 2.75) is 51.0 Å². The zero-order chi connectivity index (χ0) is 14.2. The lowest BCUT2D eigenvalue weighted by Crippen LogP contribution is -2.31. The topological polar surface area (TPSA) is 41.1 Å². The van der Waals surface area contributed by atoms with E-state index in [1.165, 1.54) is 38.5 Å². The first-order valence-corrected chi connectivity index (χ1v) is 7.90. The van der Waals surface area contributed by atoms with Gasteiger partial charge in [0.15, 0.2) is 0 Å². The molecule has 4 heteroatoms. The summed E-state index contributed by atoms with van der Waals surface area (Å²) in [5.74, 6) is 0.0495. The van der Waals surface area contributed by atoms with Crippen molar-refractivity contribution in [3.63, 3.8) is 0 Å². The molecule has 0 heterocycles. The fourth-order valence-corrected chi connectivity index (χ4v) is 2.76. The van der Waals surface area contributed by atoms with Crippen LogP contribution >= 0.6 is 11.6 Å². The standard InChI is InChI=1S/C16H23ClN2O/c17-13-7-9-15(10-8-13)19-16(20)11-12-18-14-5-3-1-2-4-6-14/h7-10,14,18H,1-6,11-12H2,(H,19,20). The lowest BCUT2D eigenvalue weighted by molar-refractivity contribution is -0.116. The van der Waals surface area contributed by atoms with Crippen LogP contribution in [-0.2, 0) is 4.79 Å². The van der Waals surface area contributed by atoms with Crippen molar-refractivity contribution in [3.8, 4) is 0 Å². The highest BCUT2D eigenvalue weighted by molar-refractivity contribution is 6.30. The summed E-state index contributed by atoms with van der Waals surface area (Å²) < 4.78 is 0. The van der Waals surface area contributed by atoms with Crippen LogP contribution in [0.1, 0.15) is 44.9 Å². The average molecular weight is 295 g/mol. The van der Waals surface area contributed by atoms with Crippen LogP contribution in [0.25, 0.3) is 0 Å². The van der Waals surface area contributed by atoms with E-state index in [9.17, 15) is 4.79 Å². The summed E-state index contributed by atoms with van der Waals surface area (Å²) in [6.45, 7) is 0.754. The molecule has 0 radical (unpaired) electrons. The lowest BCUT2D eigenvalue weighted by Gasteiger charge is -2.15. The summed E-state index contributed by atoms with van der Waals surface area (Å²) in [7, 11) is 0. The summed E-state index contributed by atoms with van der Waals surface area (Å²) in [5.41, 5.74) is 0.800. The minimum Gasteiger partial charge on any atom is -0.326 e. The molecule has 1 aliphatic rings. The predicted molar refractivity (Wildman–Crippen MR) is 84.2 cm³/mol. The Morgan fingerprint density at radius 1 is 1.10 bits per heavy atom. The van der Waals surface area contributed by atoms with Crippen molar-refractivity contribution >= 4 is 23.2 Å². The molecule has 1 aromatic carbocycles. The Bertz CT molecular complexity index is 411. The van der Waals surface area contributed by atoms with Gasteiger partial charge in [-0.15, -0.1) is 0 Å². The summed E-state index contributed by atoms with van der Waals surface area (Å²) in [4.78, 5) is 11.8. The van der Waals surface area contributed by atoms with E-state index >= 15 is 0 Å². The van der Waals surface area contributed by atoms with Gasteiger partial charge in [-0.1, -0.05) is 37.3 Å².